The average Bonchev–Trinajstić information content (AvgIpc) is 3.29. The zero-order chi connectivity index (χ0) is 22.1. The van der Waals surface area contributed by atoms with Crippen molar-refractivity contribution in [2.75, 3.05) is 13.7 Å². The number of methoxy groups -OCH3 is 1. The van der Waals surface area contributed by atoms with Crippen LogP contribution in [0.2, 0.25) is 0 Å². The van der Waals surface area contributed by atoms with Crippen LogP contribution in [0.5, 0.6) is 5.75 Å². The van der Waals surface area contributed by atoms with Gasteiger partial charge in [-0.3, -0.25) is 0 Å². The van der Waals surface area contributed by atoms with E-state index in [1.54, 1.807) is 30.4 Å². The molecule has 0 amide bonds. The molecule has 0 aliphatic heterocycles. The van der Waals surface area contributed by atoms with Gasteiger partial charge in [0.05, 0.1) is 35.5 Å². The quantitative estimate of drug-likeness (QED) is 0.367. The molecule has 5 nitrogen and oxygen atoms in total. The van der Waals surface area contributed by atoms with Gasteiger partial charge in [-0.2, -0.15) is 5.10 Å². The number of hydrogen-bond donors (Lipinski definition) is 0. The minimum atomic E-state index is -0.369. The van der Waals surface area contributed by atoms with E-state index in [0.717, 1.165) is 31.9 Å². The summed E-state index contributed by atoms with van der Waals surface area (Å²) in [4.78, 5) is 13.5. The van der Waals surface area contributed by atoms with Crippen molar-refractivity contribution in [3.05, 3.63) is 75.7 Å². The van der Waals surface area contributed by atoms with Gasteiger partial charge in [0.15, 0.2) is 11.6 Å². The van der Waals surface area contributed by atoms with Crippen LogP contribution in [0.15, 0.2) is 42.5 Å². The molecule has 0 saturated carbocycles. The first-order valence-corrected chi connectivity index (χ1v) is 10.8. The minimum absolute atomic E-state index is 0.244. The van der Waals surface area contributed by atoms with Gasteiger partial charge in [0.1, 0.15) is 5.56 Å². The summed E-state index contributed by atoms with van der Waals surface area (Å²) < 4.78 is 26.9. The third kappa shape index (κ3) is 3.93. The van der Waals surface area contributed by atoms with Gasteiger partial charge in [-0.1, -0.05) is 18.2 Å². The number of ether oxygens (including phenoxy) is 2. The Balaban J connectivity index is 1.74. The monoisotopic (exact) mass is 438 g/mol. The smallest absolute Gasteiger partial charge is 0.341 e. The fourth-order valence-corrected chi connectivity index (χ4v) is 4.94. The van der Waals surface area contributed by atoms with Crippen LogP contribution >= 0.6 is 11.3 Å². The second-order valence-corrected chi connectivity index (χ2v) is 8.37. The molecule has 0 N–H and O–H groups in total. The first kappa shape index (κ1) is 21.1. The predicted octanol–water partition coefficient (Wildman–Crippen LogP) is 5.62. The number of aromatic nitrogens is 2. The fraction of sp³-hybridized carbons (Fsp3) is 0.250. The fourth-order valence-electron chi connectivity index (χ4n) is 3.75. The summed E-state index contributed by atoms with van der Waals surface area (Å²) in [6, 6.07) is 13.1. The van der Waals surface area contributed by atoms with Crippen molar-refractivity contribution in [1.82, 2.24) is 9.78 Å². The van der Waals surface area contributed by atoms with E-state index in [4.69, 9.17) is 9.47 Å². The van der Waals surface area contributed by atoms with Gasteiger partial charge in [-0.25, -0.2) is 13.9 Å². The predicted molar refractivity (Wildman–Crippen MR) is 120 cm³/mol. The number of hydrogen-bond acceptors (Lipinski definition) is 5. The maximum absolute atomic E-state index is 13.7. The molecule has 0 bridgehead atoms. The highest BCUT2D eigenvalue weighted by Gasteiger charge is 2.21. The molecule has 0 fully saturated rings. The summed E-state index contributed by atoms with van der Waals surface area (Å²) in [6.07, 6.45) is 0.667. The van der Waals surface area contributed by atoms with E-state index in [1.807, 2.05) is 30.7 Å². The van der Waals surface area contributed by atoms with E-state index in [-0.39, 0.29) is 17.5 Å². The number of thiophene rings is 1. The lowest BCUT2D eigenvalue weighted by atomic mass is 10.1. The van der Waals surface area contributed by atoms with Gasteiger partial charge in [0.25, 0.3) is 0 Å². The molecule has 0 aliphatic rings. The third-order valence-corrected chi connectivity index (χ3v) is 6.34. The average molecular weight is 439 g/mol. The van der Waals surface area contributed by atoms with Gasteiger partial charge in [0.2, 0.25) is 0 Å². The molecule has 2 aromatic carbocycles. The van der Waals surface area contributed by atoms with E-state index in [2.05, 4.69) is 17.2 Å². The zero-order valence-corrected chi connectivity index (χ0v) is 18.7. The third-order valence-electron chi connectivity index (χ3n) is 5.17. The van der Waals surface area contributed by atoms with E-state index >= 15 is 0 Å². The number of halogens is 1. The van der Waals surface area contributed by atoms with Gasteiger partial charge < -0.3 is 9.47 Å². The van der Waals surface area contributed by atoms with E-state index < -0.39 is 0 Å². The van der Waals surface area contributed by atoms with E-state index in [9.17, 15) is 9.18 Å². The van der Waals surface area contributed by atoms with Crippen LogP contribution in [0.4, 0.5) is 4.39 Å². The minimum Gasteiger partial charge on any atom is -0.494 e. The summed E-state index contributed by atoms with van der Waals surface area (Å²) in [5.41, 5.74) is 3.79. The molecular weight excluding hydrogens is 415 g/mol. The van der Waals surface area contributed by atoms with E-state index in [0.29, 0.717) is 24.3 Å². The number of nitrogens with zero attached hydrogens (tertiary/aromatic N) is 2. The Bertz CT molecular complexity index is 1280. The second-order valence-electron chi connectivity index (χ2n) is 7.23. The topological polar surface area (TPSA) is 53.3 Å². The maximum atomic E-state index is 13.7. The van der Waals surface area contributed by atoms with Crippen molar-refractivity contribution in [3.8, 4) is 11.4 Å². The maximum Gasteiger partial charge on any atom is 0.341 e. The normalized spacial score (nSPS) is 11.1. The number of esters is 1. The molecule has 2 aromatic heterocycles. The number of rotatable bonds is 6. The Hall–Kier alpha value is -3.19. The number of fused-ring (bicyclic) bond motifs is 1. The molecule has 0 radical (unpaired) electrons. The van der Waals surface area contributed by atoms with Crippen molar-refractivity contribution >= 4 is 27.4 Å². The molecule has 2 heterocycles. The molecule has 7 heteroatoms. The molecule has 31 heavy (non-hydrogen) atoms. The lowest BCUT2D eigenvalue weighted by Crippen LogP contribution is -2.07. The summed E-state index contributed by atoms with van der Waals surface area (Å²) >= 11 is 1.66. The first-order valence-electron chi connectivity index (χ1n) is 10.0. The molecule has 0 spiro atoms. The Labute approximate surface area is 184 Å². The second kappa shape index (κ2) is 8.51. The van der Waals surface area contributed by atoms with Crippen molar-refractivity contribution in [1.29, 1.82) is 0 Å². The van der Waals surface area contributed by atoms with Crippen LogP contribution in [0, 0.1) is 19.7 Å². The van der Waals surface area contributed by atoms with Crippen LogP contribution in [-0.2, 0) is 11.2 Å². The van der Waals surface area contributed by atoms with Crippen LogP contribution in [0.1, 0.15) is 39.1 Å². The zero-order valence-electron chi connectivity index (χ0n) is 17.9. The molecule has 0 saturated heterocycles. The highest BCUT2D eigenvalue weighted by Crippen LogP contribution is 2.34. The largest absolute Gasteiger partial charge is 0.494 e. The van der Waals surface area contributed by atoms with Gasteiger partial charge >= 0.3 is 5.97 Å². The SMILES string of the molecule is CCOC(=O)c1c(C)nn(-c2cccc3cc(Cc4ccc(F)c(OC)c4)sc23)c1C. The standard InChI is InChI=1S/C24H23FN2O3S/c1-5-30-24(28)22-14(2)26-27(15(22)3)20-8-6-7-17-13-18(31-23(17)20)11-16-9-10-19(25)21(12-16)29-4/h6-10,12-13H,5,11H2,1-4H3. The van der Waals surface area contributed by atoms with Gasteiger partial charge in [-0.15, -0.1) is 11.3 Å². The molecule has 4 rings (SSSR count). The van der Waals surface area contributed by atoms with Crippen LogP contribution in [-0.4, -0.2) is 29.5 Å². The van der Waals surface area contributed by atoms with Crippen molar-refractivity contribution in [3.63, 3.8) is 0 Å². The van der Waals surface area contributed by atoms with Crippen molar-refractivity contribution < 1.29 is 18.7 Å². The highest BCUT2D eigenvalue weighted by atomic mass is 32.1. The summed E-state index contributed by atoms with van der Waals surface area (Å²) in [6.45, 7) is 5.81. The molecule has 0 unspecified atom stereocenters. The Morgan fingerprint density at radius 1 is 1.19 bits per heavy atom. The van der Waals surface area contributed by atoms with E-state index in [1.165, 1.54) is 13.2 Å². The summed E-state index contributed by atoms with van der Waals surface area (Å²) in [5.74, 6) is -0.478. The number of aryl methyl sites for hydroxylation is 1. The molecule has 160 valence electrons. The lowest BCUT2D eigenvalue weighted by Gasteiger charge is -2.07. The molecular formula is C24H23FN2O3S. The van der Waals surface area contributed by atoms with Crippen LogP contribution < -0.4 is 4.74 Å². The Morgan fingerprint density at radius 2 is 2.00 bits per heavy atom. The van der Waals surface area contributed by atoms with Crippen LogP contribution in [0.3, 0.4) is 0 Å². The van der Waals surface area contributed by atoms with Gasteiger partial charge in [0, 0.05) is 11.3 Å². The van der Waals surface area contributed by atoms with Gasteiger partial charge in [-0.05, 0) is 56.0 Å². The molecule has 4 aromatic rings. The number of carbonyl (C=O) groups is 1. The highest BCUT2D eigenvalue weighted by molar-refractivity contribution is 7.19. The number of carbonyl (C=O) groups excluding carboxylic acids is 1. The molecule has 0 aliphatic carbocycles. The Morgan fingerprint density at radius 3 is 2.74 bits per heavy atom. The van der Waals surface area contributed by atoms with Crippen LogP contribution in [0.25, 0.3) is 15.8 Å². The lowest BCUT2D eigenvalue weighted by molar-refractivity contribution is 0.0524. The first-order chi connectivity index (χ1) is 14.9. The Kier molecular flexibility index (Phi) is 5.78. The van der Waals surface area contributed by atoms with Crippen molar-refractivity contribution in [2.45, 2.75) is 27.2 Å². The summed E-state index contributed by atoms with van der Waals surface area (Å²) in [5, 5.41) is 5.72. The molecule has 0 atom stereocenters. The number of benzene rings is 2. The van der Waals surface area contributed by atoms with Crippen molar-refractivity contribution in [2.24, 2.45) is 0 Å². The summed E-state index contributed by atoms with van der Waals surface area (Å²) in [7, 11) is 1.47.